The van der Waals surface area contributed by atoms with Crippen molar-refractivity contribution in [3.63, 3.8) is 0 Å². The van der Waals surface area contributed by atoms with Gasteiger partial charge in [-0.1, -0.05) is 35.5 Å². The van der Waals surface area contributed by atoms with Gasteiger partial charge in [-0.3, -0.25) is 0 Å². The molecular weight excluding hydrogens is 180 g/mol. The van der Waals surface area contributed by atoms with Gasteiger partial charge in [-0.25, -0.2) is 0 Å². The van der Waals surface area contributed by atoms with Crippen LogP contribution in [-0.4, -0.2) is 0 Å². The lowest BCUT2D eigenvalue weighted by Gasteiger charge is -2.16. The van der Waals surface area contributed by atoms with Crippen molar-refractivity contribution in [3.8, 4) is 0 Å². The summed E-state index contributed by atoms with van der Waals surface area (Å²) in [6.07, 6.45) is 11.1. The molecule has 0 saturated heterocycles. The van der Waals surface area contributed by atoms with Crippen molar-refractivity contribution < 1.29 is 0 Å². The van der Waals surface area contributed by atoms with Crippen molar-refractivity contribution in [1.29, 1.82) is 0 Å². The van der Waals surface area contributed by atoms with E-state index in [0.717, 1.165) is 0 Å². The number of allylic oxidation sites excluding steroid dienone is 5. The minimum atomic E-state index is 0.607. The highest BCUT2D eigenvalue weighted by Crippen LogP contribution is 2.24. The van der Waals surface area contributed by atoms with Crippen LogP contribution >= 0.6 is 0 Å². The van der Waals surface area contributed by atoms with Gasteiger partial charge < -0.3 is 0 Å². The highest BCUT2D eigenvalue weighted by atomic mass is 14.1. The van der Waals surface area contributed by atoms with Crippen LogP contribution in [0.15, 0.2) is 35.5 Å². The molecule has 1 aliphatic rings. The topological polar surface area (TPSA) is 0 Å². The number of rotatable bonds is 1. The van der Waals surface area contributed by atoms with Crippen LogP contribution in [0.5, 0.6) is 0 Å². The van der Waals surface area contributed by atoms with Gasteiger partial charge in [0.2, 0.25) is 0 Å². The van der Waals surface area contributed by atoms with Crippen LogP contribution in [0.2, 0.25) is 0 Å². The zero-order chi connectivity index (χ0) is 11.3. The Kier molecular flexibility index (Phi) is 4.87. The van der Waals surface area contributed by atoms with Crippen molar-refractivity contribution in [2.45, 2.75) is 52.9 Å². The fourth-order valence-electron chi connectivity index (χ4n) is 2.15. The molecule has 0 fully saturated rings. The van der Waals surface area contributed by atoms with Crippen LogP contribution in [0.4, 0.5) is 0 Å². The Morgan fingerprint density at radius 2 is 2.00 bits per heavy atom. The summed E-state index contributed by atoms with van der Waals surface area (Å²) in [5.74, 6) is 0.607. The third-order valence-corrected chi connectivity index (χ3v) is 3.24. The van der Waals surface area contributed by atoms with Crippen molar-refractivity contribution in [2.24, 2.45) is 5.92 Å². The molecule has 0 radical (unpaired) electrons. The van der Waals surface area contributed by atoms with E-state index in [1.54, 1.807) is 5.57 Å². The largest absolute Gasteiger partial charge is 0.0995 e. The van der Waals surface area contributed by atoms with Crippen LogP contribution in [0, 0.1) is 5.92 Å². The first-order valence-corrected chi connectivity index (χ1v) is 6.08. The second-order valence-electron chi connectivity index (χ2n) is 4.95. The van der Waals surface area contributed by atoms with E-state index in [0.29, 0.717) is 5.92 Å². The van der Waals surface area contributed by atoms with Crippen LogP contribution in [0.25, 0.3) is 0 Å². The van der Waals surface area contributed by atoms with Gasteiger partial charge in [0, 0.05) is 0 Å². The van der Waals surface area contributed by atoms with Crippen molar-refractivity contribution >= 4 is 0 Å². The summed E-state index contributed by atoms with van der Waals surface area (Å²) < 4.78 is 0. The van der Waals surface area contributed by atoms with E-state index < -0.39 is 0 Å². The zero-order valence-electron chi connectivity index (χ0n) is 10.5. The molecule has 0 heteroatoms. The molecule has 0 aromatic heterocycles. The van der Waals surface area contributed by atoms with Crippen LogP contribution < -0.4 is 0 Å². The highest BCUT2D eigenvalue weighted by Gasteiger charge is 2.08. The van der Waals surface area contributed by atoms with Gasteiger partial charge >= 0.3 is 0 Å². The van der Waals surface area contributed by atoms with Gasteiger partial charge in [-0.05, 0) is 58.8 Å². The Hall–Kier alpha value is -0.780. The lowest BCUT2D eigenvalue weighted by molar-refractivity contribution is 0.617. The quantitative estimate of drug-likeness (QED) is 0.525. The Balaban J connectivity index is 2.71. The smallest absolute Gasteiger partial charge is 0.00261 e. The van der Waals surface area contributed by atoms with E-state index in [1.165, 1.54) is 43.3 Å². The maximum atomic E-state index is 4.10. The van der Waals surface area contributed by atoms with E-state index in [2.05, 4.69) is 39.5 Å². The molecule has 1 atom stereocenters. The van der Waals surface area contributed by atoms with Crippen LogP contribution in [-0.2, 0) is 0 Å². The van der Waals surface area contributed by atoms with E-state index in [1.807, 2.05) is 0 Å². The fourth-order valence-corrected chi connectivity index (χ4v) is 2.15. The van der Waals surface area contributed by atoms with Gasteiger partial charge in [-0.15, -0.1) is 0 Å². The molecule has 0 aromatic carbocycles. The van der Waals surface area contributed by atoms with E-state index in [-0.39, 0.29) is 0 Å². The first kappa shape index (κ1) is 12.3. The third-order valence-electron chi connectivity index (χ3n) is 3.24. The van der Waals surface area contributed by atoms with Crippen molar-refractivity contribution in [3.05, 3.63) is 35.5 Å². The zero-order valence-corrected chi connectivity index (χ0v) is 10.5. The van der Waals surface area contributed by atoms with Gasteiger partial charge in [0.1, 0.15) is 0 Å². The van der Waals surface area contributed by atoms with E-state index in [4.69, 9.17) is 0 Å². The number of hydrogen-bond donors (Lipinski definition) is 0. The first-order valence-electron chi connectivity index (χ1n) is 6.08. The van der Waals surface area contributed by atoms with Crippen LogP contribution in [0.1, 0.15) is 52.9 Å². The molecule has 0 aliphatic heterocycles. The Labute approximate surface area is 94.8 Å². The lowest BCUT2D eigenvalue weighted by Crippen LogP contribution is -2.00. The molecule has 0 bridgehead atoms. The molecule has 0 heterocycles. The first-order chi connectivity index (χ1) is 7.09. The Bertz CT molecular complexity index is 278. The molecule has 15 heavy (non-hydrogen) atoms. The summed E-state index contributed by atoms with van der Waals surface area (Å²) in [5, 5.41) is 0. The van der Waals surface area contributed by atoms with Gasteiger partial charge in [0.15, 0.2) is 0 Å². The monoisotopic (exact) mass is 204 g/mol. The van der Waals surface area contributed by atoms with Gasteiger partial charge in [0.25, 0.3) is 0 Å². The van der Waals surface area contributed by atoms with Crippen molar-refractivity contribution in [2.75, 3.05) is 0 Å². The normalized spacial score (nSPS) is 31.0. The second kappa shape index (κ2) is 5.95. The average molecular weight is 204 g/mol. The summed E-state index contributed by atoms with van der Waals surface area (Å²) in [6, 6.07) is 0. The summed E-state index contributed by atoms with van der Waals surface area (Å²) in [5.41, 5.74) is 4.40. The highest BCUT2D eigenvalue weighted by molar-refractivity contribution is 5.13. The molecule has 84 valence electrons. The molecule has 0 N–H and O–H groups in total. The molecule has 0 aromatic rings. The SMILES string of the molecule is C=C(C)[C@@H]1/C=C(/C)CC/C=C(/C)CCC1. The minimum absolute atomic E-state index is 0.607. The predicted octanol–water partition coefficient (Wildman–Crippen LogP) is 5.04. The second-order valence-corrected chi connectivity index (χ2v) is 4.95. The molecule has 0 spiro atoms. The average Bonchev–Trinajstić information content (AvgIpc) is 2.16. The summed E-state index contributed by atoms with van der Waals surface area (Å²) >= 11 is 0. The molecular formula is C15H24. The summed E-state index contributed by atoms with van der Waals surface area (Å²) in [6.45, 7) is 10.8. The number of hydrogen-bond acceptors (Lipinski definition) is 0. The molecule has 0 nitrogen and oxygen atoms in total. The molecule has 0 unspecified atom stereocenters. The molecule has 1 rings (SSSR count). The maximum Gasteiger partial charge on any atom is -0.00261 e. The van der Waals surface area contributed by atoms with Crippen molar-refractivity contribution in [1.82, 2.24) is 0 Å². The third kappa shape index (κ3) is 4.51. The minimum Gasteiger partial charge on any atom is -0.0995 e. The van der Waals surface area contributed by atoms with Gasteiger partial charge in [-0.2, -0.15) is 0 Å². The molecule has 0 amide bonds. The Morgan fingerprint density at radius 1 is 1.27 bits per heavy atom. The summed E-state index contributed by atoms with van der Waals surface area (Å²) in [7, 11) is 0. The molecule has 1 aliphatic carbocycles. The van der Waals surface area contributed by atoms with Gasteiger partial charge in [0.05, 0.1) is 0 Å². The standard InChI is InChI=1S/C15H24/c1-12(2)15-10-6-8-13(3)7-5-9-14(4)11-15/h7,11,15H,1,5-6,8-10H2,2-4H3/b13-7-,14-11-/t15-/m0/s1. The van der Waals surface area contributed by atoms with E-state index in [9.17, 15) is 0 Å². The maximum absolute atomic E-state index is 4.10. The fraction of sp³-hybridized carbons (Fsp3) is 0.600. The van der Waals surface area contributed by atoms with Crippen LogP contribution in [0.3, 0.4) is 0 Å². The summed E-state index contributed by atoms with van der Waals surface area (Å²) in [4.78, 5) is 0. The van der Waals surface area contributed by atoms with E-state index >= 15 is 0 Å². The lowest BCUT2D eigenvalue weighted by atomic mass is 9.90. The predicted molar refractivity (Wildman–Crippen MR) is 68.9 cm³/mol. The Morgan fingerprint density at radius 3 is 2.67 bits per heavy atom. The molecule has 0 saturated carbocycles.